The number of nitrogens with zero attached hydrogens (tertiary/aromatic N) is 3. The molecule has 0 spiro atoms. The summed E-state index contributed by atoms with van der Waals surface area (Å²) in [6, 6.07) is 9.75. The van der Waals surface area contributed by atoms with Crippen LogP contribution < -0.4 is 5.32 Å². The zero-order valence-corrected chi connectivity index (χ0v) is 18.2. The summed E-state index contributed by atoms with van der Waals surface area (Å²) in [6.45, 7) is 1.85. The predicted molar refractivity (Wildman–Crippen MR) is 116 cm³/mol. The molecule has 4 rings (SSSR count). The summed E-state index contributed by atoms with van der Waals surface area (Å²) in [5, 5.41) is 14.9. The Morgan fingerprint density at radius 3 is 2.86 bits per heavy atom. The van der Waals surface area contributed by atoms with E-state index in [1.165, 1.54) is 16.6 Å². The van der Waals surface area contributed by atoms with Crippen LogP contribution in [-0.2, 0) is 11.2 Å². The van der Waals surface area contributed by atoms with E-state index in [2.05, 4.69) is 31.5 Å². The molecule has 9 heteroatoms. The van der Waals surface area contributed by atoms with Gasteiger partial charge in [-0.1, -0.05) is 47.1 Å². The second-order valence-electron chi connectivity index (χ2n) is 6.61. The van der Waals surface area contributed by atoms with Crippen molar-refractivity contribution in [1.82, 2.24) is 14.8 Å². The molecule has 2 aromatic heterocycles. The number of amides is 1. The van der Waals surface area contributed by atoms with Gasteiger partial charge in [-0.3, -0.25) is 4.79 Å². The highest BCUT2D eigenvalue weighted by Gasteiger charge is 2.31. The zero-order chi connectivity index (χ0) is 19.7. The van der Waals surface area contributed by atoms with Crippen molar-refractivity contribution in [1.29, 1.82) is 0 Å². The molecule has 1 fully saturated rings. The number of thiophene rings is 1. The van der Waals surface area contributed by atoms with E-state index in [0.717, 1.165) is 30.2 Å². The second-order valence-corrected chi connectivity index (χ2v) is 9.73. The van der Waals surface area contributed by atoms with Crippen LogP contribution in [-0.4, -0.2) is 25.9 Å². The SMILES string of the molecule is CC(Sc1nnc(Cc2cccs2)n1C1CC1)C(=O)Nc1cccc(Cl)c1Cl. The maximum absolute atomic E-state index is 12.7. The van der Waals surface area contributed by atoms with Crippen LogP contribution in [0.2, 0.25) is 10.0 Å². The van der Waals surface area contributed by atoms with E-state index in [9.17, 15) is 4.79 Å². The van der Waals surface area contributed by atoms with Crippen LogP contribution in [0.5, 0.6) is 0 Å². The van der Waals surface area contributed by atoms with Crippen molar-refractivity contribution in [3.05, 3.63) is 56.5 Å². The van der Waals surface area contributed by atoms with Crippen LogP contribution in [0.15, 0.2) is 40.9 Å². The van der Waals surface area contributed by atoms with E-state index in [4.69, 9.17) is 23.2 Å². The first-order chi connectivity index (χ1) is 13.5. The maximum Gasteiger partial charge on any atom is 0.237 e. The minimum absolute atomic E-state index is 0.153. The Labute approximate surface area is 181 Å². The topological polar surface area (TPSA) is 59.8 Å². The van der Waals surface area contributed by atoms with Crippen molar-refractivity contribution in [2.75, 3.05) is 5.32 Å². The van der Waals surface area contributed by atoms with E-state index in [1.807, 2.05) is 13.0 Å². The summed E-state index contributed by atoms with van der Waals surface area (Å²) in [4.78, 5) is 13.9. The Bertz CT molecular complexity index is 986. The molecule has 3 aromatic rings. The van der Waals surface area contributed by atoms with Gasteiger partial charge in [0.05, 0.1) is 21.0 Å². The number of halogens is 2. The lowest BCUT2D eigenvalue weighted by atomic mass is 10.3. The lowest BCUT2D eigenvalue weighted by molar-refractivity contribution is -0.115. The third kappa shape index (κ3) is 4.38. The molecule has 1 aliphatic rings. The Hall–Kier alpha value is -1.54. The van der Waals surface area contributed by atoms with Crippen LogP contribution in [0.25, 0.3) is 0 Å². The van der Waals surface area contributed by atoms with Crippen molar-refractivity contribution >= 4 is 57.9 Å². The van der Waals surface area contributed by atoms with Crippen molar-refractivity contribution in [2.45, 2.75) is 42.6 Å². The molecule has 1 atom stereocenters. The number of nitrogens with one attached hydrogen (secondary N) is 1. The summed E-state index contributed by atoms with van der Waals surface area (Å²) < 4.78 is 2.19. The second kappa shape index (κ2) is 8.45. The summed E-state index contributed by atoms with van der Waals surface area (Å²) >= 11 is 15.3. The Morgan fingerprint density at radius 1 is 1.32 bits per heavy atom. The van der Waals surface area contributed by atoms with Gasteiger partial charge in [-0.2, -0.15) is 0 Å². The minimum atomic E-state index is -0.355. The van der Waals surface area contributed by atoms with Gasteiger partial charge in [0.15, 0.2) is 5.16 Å². The van der Waals surface area contributed by atoms with Crippen LogP contribution >= 0.6 is 46.3 Å². The lowest BCUT2D eigenvalue weighted by Crippen LogP contribution is -2.23. The first-order valence-corrected chi connectivity index (χ1v) is 11.4. The van der Waals surface area contributed by atoms with Crippen molar-refractivity contribution in [2.24, 2.45) is 0 Å². The molecule has 146 valence electrons. The molecule has 2 heterocycles. The summed E-state index contributed by atoms with van der Waals surface area (Å²) in [5.41, 5.74) is 0.508. The third-order valence-corrected chi connectivity index (χ3v) is 7.17. The highest BCUT2D eigenvalue weighted by Crippen LogP contribution is 2.40. The molecule has 0 aliphatic heterocycles. The van der Waals surface area contributed by atoms with E-state index in [1.54, 1.807) is 29.5 Å². The van der Waals surface area contributed by atoms with Crippen molar-refractivity contribution in [3.8, 4) is 0 Å². The molecular formula is C19H18Cl2N4OS2. The number of aromatic nitrogens is 3. The van der Waals surface area contributed by atoms with Crippen LogP contribution in [0.3, 0.4) is 0 Å². The lowest BCUT2D eigenvalue weighted by Gasteiger charge is -2.14. The fourth-order valence-electron chi connectivity index (χ4n) is 2.82. The summed E-state index contributed by atoms with van der Waals surface area (Å²) in [6.07, 6.45) is 3.02. The van der Waals surface area contributed by atoms with Crippen LogP contribution in [0.4, 0.5) is 5.69 Å². The van der Waals surface area contributed by atoms with Gasteiger partial charge in [-0.15, -0.1) is 21.5 Å². The molecule has 0 saturated heterocycles. The molecule has 28 heavy (non-hydrogen) atoms. The number of rotatable bonds is 7. The smallest absolute Gasteiger partial charge is 0.237 e. The maximum atomic E-state index is 12.7. The van der Waals surface area contributed by atoms with Gasteiger partial charge in [-0.25, -0.2) is 0 Å². The fourth-order valence-corrected chi connectivity index (χ4v) is 4.81. The predicted octanol–water partition coefficient (Wildman–Crippen LogP) is 5.69. The molecule has 0 bridgehead atoms. The molecule has 1 amide bonds. The number of thioether (sulfide) groups is 1. The van der Waals surface area contributed by atoms with E-state index < -0.39 is 0 Å². The third-order valence-electron chi connectivity index (χ3n) is 4.42. The number of hydrogen-bond donors (Lipinski definition) is 1. The zero-order valence-electron chi connectivity index (χ0n) is 15.1. The van der Waals surface area contributed by atoms with Gasteiger partial charge in [0.25, 0.3) is 0 Å². The Kier molecular flexibility index (Phi) is 5.96. The molecular weight excluding hydrogens is 435 g/mol. The largest absolute Gasteiger partial charge is 0.324 e. The minimum Gasteiger partial charge on any atom is -0.324 e. The molecule has 5 nitrogen and oxygen atoms in total. The normalized spacial score (nSPS) is 14.8. The van der Waals surface area contributed by atoms with Gasteiger partial charge >= 0.3 is 0 Å². The fraction of sp³-hybridized carbons (Fsp3) is 0.316. The Balaban J connectivity index is 1.48. The molecule has 1 aromatic carbocycles. The molecule has 1 unspecified atom stereocenters. The van der Waals surface area contributed by atoms with E-state index in [0.29, 0.717) is 21.8 Å². The number of benzene rings is 1. The number of hydrogen-bond acceptors (Lipinski definition) is 5. The average molecular weight is 453 g/mol. The monoisotopic (exact) mass is 452 g/mol. The number of carbonyl (C=O) groups is 1. The molecule has 0 radical (unpaired) electrons. The highest BCUT2D eigenvalue weighted by atomic mass is 35.5. The number of carbonyl (C=O) groups excluding carboxylic acids is 1. The first-order valence-electron chi connectivity index (χ1n) is 8.90. The average Bonchev–Trinajstić information content (AvgIpc) is 3.23. The van der Waals surface area contributed by atoms with Gasteiger partial charge in [-0.05, 0) is 43.3 Å². The van der Waals surface area contributed by atoms with Crippen molar-refractivity contribution in [3.63, 3.8) is 0 Å². The molecule has 1 N–H and O–H groups in total. The van der Waals surface area contributed by atoms with Crippen molar-refractivity contribution < 1.29 is 4.79 Å². The van der Waals surface area contributed by atoms with E-state index >= 15 is 0 Å². The molecule has 1 saturated carbocycles. The van der Waals surface area contributed by atoms with Gasteiger partial charge in [0.2, 0.25) is 5.91 Å². The standard InChI is InChI=1S/C19H18Cl2N4OS2/c1-11(18(26)22-15-6-2-5-14(20)17(15)21)28-19-24-23-16(25(19)12-7-8-12)10-13-4-3-9-27-13/h2-6,9,11-12H,7-8,10H2,1H3,(H,22,26). The summed E-state index contributed by atoms with van der Waals surface area (Å²) in [7, 11) is 0. The van der Waals surface area contributed by atoms with Crippen LogP contribution in [0.1, 0.15) is 36.5 Å². The summed E-state index contributed by atoms with van der Waals surface area (Å²) in [5.74, 6) is 0.803. The quantitative estimate of drug-likeness (QED) is 0.467. The van der Waals surface area contributed by atoms with Gasteiger partial charge in [0.1, 0.15) is 5.82 Å². The first kappa shape index (κ1) is 19.8. The van der Waals surface area contributed by atoms with Gasteiger partial charge in [0, 0.05) is 17.3 Å². The molecule has 1 aliphatic carbocycles. The Morgan fingerprint density at radius 2 is 2.14 bits per heavy atom. The van der Waals surface area contributed by atoms with Crippen LogP contribution in [0, 0.1) is 0 Å². The van der Waals surface area contributed by atoms with Gasteiger partial charge < -0.3 is 9.88 Å². The number of anilines is 1. The highest BCUT2D eigenvalue weighted by molar-refractivity contribution is 8.00. The van der Waals surface area contributed by atoms with E-state index in [-0.39, 0.29) is 11.2 Å².